The summed E-state index contributed by atoms with van der Waals surface area (Å²) < 4.78 is 0. The van der Waals surface area contributed by atoms with Crippen molar-refractivity contribution in [3.63, 3.8) is 0 Å². The highest BCUT2D eigenvalue weighted by atomic mass is 15.1. The van der Waals surface area contributed by atoms with Crippen molar-refractivity contribution in [2.75, 3.05) is 13.1 Å². The first kappa shape index (κ1) is 9.23. The van der Waals surface area contributed by atoms with E-state index < -0.39 is 0 Å². The molecule has 1 saturated heterocycles. The van der Waals surface area contributed by atoms with E-state index >= 15 is 0 Å². The first-order valence-electron chi connectivity index (χ1n) is 5.04. The standard InChI is InChI=1S/C12H14N2/c13-8-12-6-7-14(10-12)9-11-4-2-1-3-5-11/h1-5,12H,6-7,9-10H2/t12-/m0/s1. The van der Waals surface area contributed by atoms with Crippen LogP contribution in [0.2, 0.25) is 0 Å². The van der Waals surface area contributed by atoms with Crippen LogP contribution in [0, 0.1) is 17.2 Å². The summed E-state index contributed by atoms with van der Waals surface area (Å²) in [6.07, 6.45) is 1.03. The Morgan fingerprint density at radius 2 is 2.14 bits per heavy atom. The SMILES string of the molecule is N#C[C@@H]1CCN(Cc2ccccc2)C1. The van der Waals surface area contributed by atoms with E-state index in [1.54, 1.807) is 0 Å². The Hall–Kier alpha value is -1.33. The maximum atomic E-state index is 8.77. The predicted molar refractivity (Wildman–Crippen MR) is 55.4 cm³/mol. The number of nitrogens with zero attached hydrogens (tertiary/aromatic N) is 2. The van der Waals surface area contributed by atoms with Gasteiger partial charge in [0.15, 0.2) is 0 Å². The molecule has 0 aromatic heterocycles. The van der Waals surface area contributed by atoms with Crippen LogP contribution in [0.4, 0.5) is 0 Å². The van der Waals surface area contributed by atoms with Crippen molar-refractivity contribution in [2.24, 2.45) is 5.92 Å². The van der Waals surface area contributed by atoms with Gasteiger partial charge < -0.3 is 0 Å². The maximum Gasteiger partial charge on any atom is 0.0669 e. The van der Waals surface area contributed by atoms with Crippen molar-refractivity contribution < 1.29 is 0 Å². The quantitative estimate of drug-likeness (QED) is 0.706. The van der Waals surface area contributed by atoms with Crippen LogP contribution in [0.25, 0.3) is 0 Å². The molecular formula is C12H14N2. The molecule has 1 fully saturated rings. The molecule has 0 saturated carbocycles. The third-order valence-electron chi connectivity index (χ3n) is 2.70. The molecule has 1 aromatic carbocycles. The van der Waals surface area contributed by atoms with Gasteiger partial charge in [-0.15, -0.1) is 0 Å². The van der Waals surface area contributed by atoms with Crippen LogP contribution in [-0.4, -0.2) is 18.0 Å². The lowest BCUT2D eigenvalue weighted by Gasteiger charge is -2.14. The van der Waals surface area contributed by atoms with Crippen molar-refractivity contribution in [1.82, 2.24) is 4.90 Å². The minimum absolute atomic E-state index is 0.249. The fraction of sp³-hybridized carbons (Fsp3) is 0.417. The fourth-order valence-corrected chi connectivity index (χ4v) is 1.92. The lowest BCUT2D eigenvalue weighted by Crippen LogP contribution is -2.19. The molecule has 1 aliphatic rings. The van der Waals surface area contributed by atoms with Gasteiger partial charge in [0.1, 0.15) is 0 Å². The summed E-state index contributed by atoms with van der Waals surface area (Å²) in [6, 6.07) is 12.8. The molecule has 1 heterocycles. The lowest BCUT2D eigenvalue weighted by atomic mass is 10.1. The molecule has 1 aromatic rings. The molecule has 2 heteroatoms. The highest BCUT2D eigenvalue weighted by molar-refractivity contribution is 5.14. The van der Waals surface area contributed by atoms with Gasteiger partial charge in [-0.25, -0.2) is 0 Å². The fourth-order valence-electron chi connectivity index (χ4n) is 1.92. The summed E-state index contributed by atoms with van der Waals surface area (Å²) in [7, 11) is 0. The van der Waals surface area contributed by atoms with E-state index in [1.165, 1.54) is 5.56 Å². The van der Waals surface area contributed by atoms with Crippen LogP contribution in [0.1, 0.15) is 12.0 Å². The molecule has 72 valence electrons. The van der Waals surface area contributed by atoms with E-state index in [-0.39, 0.29) is 5.92 Å². The predicted octanol–water partition coefficient (Wildman–Crippen LogP) is 2.03. The van der Waals surface area contributed by atoms with Crippen LogP contribution in [-0.2, 0) is 6.54 Å². The van der Waals surface area contributed by atoms with E-state index in [0.29, 0.717) is 0 Å². The topological polar surface area (TPSA) is 27.0 Å². The second-order valence-corrected chi connectivity index (χ2v) is 3.84. The molecule has 1 aliphatic heterocycles. The summed E-state index contributed by atoms with van der Waals surface area (Å²) in [5.41, 5.74) is 1.34. The van der Waals surface area contributed by atoms with Crippen molar-refractivity contribution in [3.05, 3.63) is 35.9 Å². The van der Waals surface area contributed by atoms with Crippen LogP contribution in [0.15, 0.2) is 30.3 Å². The second kappa shape index (κ2) is 4.26. The zero-order valence-corrected chi connectivity index (χ0v) is 8.19. The summed E-state index contributed by atoms with van der Waals surface area (Å²) in [4.78, 5) is 2.35. The van der Waals surface area contributed by atoms with Crippen LogP contribution in [0.5, 0.6) is 0 Å². The number of likely N-dealkylation sites (tertiary alicyclic amines) is 1. The molecule has 0 aliphatic carbocycles. The monoisotopic (exact) mass is 186 g/mol. The molecule has 0 spiro atoms. The van der Waals surface area contributed by atoms with Crippen molar-refractivity contribution in [2.45, 2.75) is 13.0 Å². The van der Waals surface area contributed by atoms with Crippen LogP contribution >= 0.6 is 0 Å². The zero-order valence-electron chi connectivity index (χ0n) is 8.19. The van der Waals surface area contributed by atoms with Crippen molar-refractivity contribution in [3.8, 4) is 6.07 Å². The molecule has 0 radical (unpaired) electrons. The minimum Gasteiger partial charge on any atom is -0.298 e. The highest BCUT2D eigenvalue weighted by Crippen LogP contribution is 2.17. The number of hydrogen-bond acceptors (Lipinski definition) is 2. The average Bonchev–Trinajstić information content (AvgIpc) is 2.67. The highest BCUT2D eigenvalue weighted by Gasteiger charge is 2.21. The van der Waals surface area contributed by atoms with Gasteiger partial charge in [0.2, 0.25) is 0 Å². The summed E-state index contributed by atoms with van der Waals surface area (Å²) >= 11 is 0. The number of nitriles is 1. The van der Waals surface area contributed by atoms with E-state index in [4.69, 9.17) is 5.26 Å². The Morgan fingerprint density at radius 3 is 2.79 bits per heavy atom. The smallest absolute Gasteiger partial charge is 0.0669 e. The van der Waals surface area contributed by atoms with Gasteiger partial charge in [0.05, 0.1) is 12.0 Å². The molecule has 2 nitrogen and oxygen atoms in total. The Morgan fingerprint density at radius 1 is 1.36 bits per heavy atom. The van der Waals surface area contributed by atoms with Gasteiger partial charge in [-0.1, -0.05) is 30.3 Å². The normalized spacial score (nSPS) is 22.1. The lowest BCUT2D eigenvalue weighted by molar-refractivity contribution is 0.325. The molecule has 0 bridgehead atoms. The van der Waals surface area contributed by atoms with Gasteiger partial charge in [-0.3, -0.25) is 4.90 Å². The number of hydrogen-bond donors (Lipinski definition) is 0. The van der Waals surface area contributed by atoms with Gasteiger partial charge >= 0.3 is 0 Å². The second-order valence-electron chi connectivity index (χ2n) is 3.84. The van der Waals surface area contributed by atoms with Gasteiger partial charge in [-0.2, -0.15) is 5.26 Å². The van der Waals surface area contributed by atoms with Gasteiger partial charge in [0, 0.05) is 13.1 Å². The first-order valence-corrected chi connectivity index (χ1v) is 5.04. The Bertz CT molecular complexity index is 326. The maximum absolute atomic E-state index is 8.77. The van der Waals surface area contributed by atoms with Gasteiger partial charge in [0.25, 0.3) is 0 Å². The van der Waals surface area contributed by atoms with Crippen molar-refractivity contribution in [1.29, 1.82) is 5.26 Å². The van der Waals surface area contributed by atoms with E-state index in [1.807, 2.05) is 6.07 Å². The van der Waals surface area contributed by atoms with Crippen LogP contribution < -0.4 is 0 Å². The average molecular weight is 186 g/mol. The molecule has 0 N–H and O–H groups in total. The summed E-state index contributed by atoms with van der Waals surface area (Å²) in [6.45, 7) is 2.98. The Balaban J connectivity index is 1.91. The number of rotatable bonds is 2. The molecule has 0 amide bonds. The zero-order chi connectivity index (χ0) is 9.80. The summed E-state index contributed by atoms with van der Waals surface area (Å²) in [5.74, 6) is 0.249. The number of benzene rings is 1. The molecular weight excluding hydrogens is 172 g/mol. The van der Waals surface area contributed by atoms with Crippen LogP contribution in [0.3, 0.4) is 0 Å². The summed E-state index contributed by atoms with van der Waals surface area (Å²) in [5, 5.41) is 8.77. The van der Waals surface area contributed by atoms with E-state index in [9.17, 15) is 0 Å². The molecule has 2 rings (SSSR count). The Kier molecular flexibility index (Phi) is 2.81. The van der Waals surface area contributed by atoms with E-state index in [0.717, 1.165) is 26.1 Å². The molecule has 1 atom stereocenters. The Labute approximate surface area is 84.8 Å². The minimum atomic E-state index is 0.249. The third kappa shape index (κ3) is 2.12. The first-order chi connectivity index (χ1) is 6.88. The molecule has 14 heavy (non-hydrogen) atoms. The molecule has 0 unspecified atom stereocenters. The van der Waals surface area contributed by atoms with Crippen molar-refractivity contribution >= 4 is 0 Å². The van der Waals surface area contributed by atoms with E-state index in [2.05, 4.69) is 35.2 Å². The van der Waals surface area contributed by atoms with Gasteiger partial charge in [-0.05, 0) is 18.5 Å². The largest absolute Gasteiger partial charge is 0.298 e. The third-order valence-corrected chi connectivity index (χ3v) is 2.70.